The zero-order valence-electron chi connectivity index (χ0n) is 10.6. The summed E-state index contributed by atoms with van der Waals surface area (Å²) in [5.74, 6) is 0. The minimum atomic E-state index is -3.46. The Morgan fingerprint density at radius 1 is 1.16 bits per heavy atom. The third-order valence-electron chi connectivity index (χ3n) is 2.72. The number of rotatable bonds is 4. The van der Waals surface area contributed by atoms with Crippen molar-refractivity contribution in [3.8, 4) is 0 Å². The van der Waals surface area contributed by atoms with E-state index in [1.165, 1.54) is 11.3 Å². The van der Waals surface area contributed by atoms with Crippen LogP contribution < -0.4 is 4.72 Å². The summed E-state index contributed by atoms with van der Waals surface area (Å²) < 4.78 is 28.2. The van der Waals surface area contributed by atoms with Crippen molar-refractivity contribution in [3.05, 3.63) is 51.3 Å². The summed E-state index contributed by atoms with van der Waals surface area (Å²) in [7, 11) is -3.46. The van der Waals surface area contributed by atoms with Crippen LogP contribution in [0.3, 0.4) is 0 Å². The predicted octanol–water partition coefficient (Wildman–Crippen LogP) is 3.86. The molecule has 2 aromatic rings. The smallest absolute Gasteiger partial charge is 0.206 e. The molecule has 3 nitrogen and oxygen atoms in total. The van der Waals surface area contributed by atoms with Gasteiger partial charge in [-0.1, -0.05) is 29.8 Å². The molecule has 2 rings (SSSR count). The van der Waals surface area contributed by atoms with Gasteiger partial charge in [-0.15, -0.1) is 11.3 Å². The predicted molar refractivity (Wildman–Crippen MR) is 81.9 cm³/mol. The Labute approximate surface area is 125 Å². The molecule has 19 heavy (non-hydrogen) atoms. The Morgan fingerprint density at radius 2 is 1.79 bits per heavy atom. The molecule has 1 N–H and O–H groups in total. The molecule has 1 aromatic heterocycles. The molecule has 0 bridgehead atoms. The number of halogens is 1. The van der Waals surface area contributed by atoms with Gasteiger partial charge in [-0.05, 0) is 47.5 Å². The van der Waals surface area contributed by atoms with Gasteiger partial charge in [0.15, 0.2) is 0 Å². The first-order valence-electron chi connectivity index (χ1n) is 5.73. The Bertz CT molecular complexity index is 662. The highest BCUT2D eigenvalue weighted by atomic mass is 79.9. The molecule has 0 aliphatic rings. The molecule has 6 heteroatoms. The summed E-state index contributed by atoms with van der Waals surface area (Å²) in [5, 5.41) is 0. The van der Waals surface area contributed by atoms with Gasteiger partial charge in [-0.3, -0.25) is 0 Å². The molecule has 0 fully saturated rings. The van der Waals surface area contributed by atoms with Crippen molar-refractivity contribution in [2.45, 2.75) is 24.1 Å². The molecule has 1 atom stereocenters. The molecular formula is C13H14BrNO2S2. The topological polar surface area (TPSA) is 46.2 Å². The Morgan fingerprint density at radius 3 is 2.32 bits per heavy atom. The van der Waals surface area contributed by atoms with Gasteiger partial charge < -0.3 is 0 Å². The number of sulfonamides is 1. The van der Waals surface area contributed by atoms with E-state index < -0.39 is 10.0 Å². The fourth-order valence-electron chi connectivity index (χ4n) is 1.66. The molecule has 1 aromatic carbocycles. The lowest BCUT2D eigenvalue weighted by Crippen LogP contribution is -2.26. The molecule has 0 saturated heterocycles. The van der Waals surface area contributed by atoms with E-state index in [2.05, 4.69) is 20.7 Å². The summed E-state index contributed by atoms with van der Waals surface area (Å²) in [4.78, 5) is 0. The SMILES string of the molecule is Cc1ccc([C@H](C)NS(=O)(=O)c2ccc(Br)s2)cc1. The molecule has 0 aliphatic heterocycles. The highest BCUT2D eigenvalue weighted by Crippen LogP contribution is 2.27. The van der Waals surface area contributed by atoms with Crippen LogP contribution in [0.15, 0.2) is 44.4 Å². The van der Waals surface area contributed by atoms with Crippen LogP contribution in [0.2, 0.25) is 0 Å². The number of hydrogen-bond acceptors (Lipinski definition) is 3. The first-order valence-corrected chi connectivity index (χ1v) is 8.82. The van der Waals surface area contributed by atoms with Crippen molar-refractivity contribution in [2.75, 3.05) is 0 Å². The quantitative estimate of drug-likeness (QED) is 0.900. The van der Waals surface area contributed by atoms with E-state index in [1.807, 2.05) is 38.1 Å². The van der Waals surface area contributed by atoms with Gasteiger partial charge in [0.05, 0.1) is 3.79 Å². The lowest BCUT2D eigenvalue weighted by molar-refractivity contribution is 0.569. The van der Waals surface area contributed by atoms with Gasteiger partial charge in [0, 0.05) is 6.04 Å². The Kier molecular flexibility index (Phi) is 4.45. The van der Waals surface area contributed by atoms with Gasteiger partial charge in [0.25, 0.3) is 10.0 Å². The molecule has 1 heterocycles. The normalized spacial score (nSPS) is 13.4. The van der Waals surface area contributed by atoms with E-state index in [4.69, 9.17) is 0 Å². The molecular weight excluding hydrogens is 346 g/mol. The maximum atomic E-state index is 12.2. The van der Waals surface area contributed by atoms with Gasteiger partial charge in [0.1, 0.15) is 4.21 Å². The van der Waals surface area contributed by atoms with Crippen molar-refractivity contribution >= 4 is 37.3 Å². The summed E-state index contributed by atoms with van der Waals surface area (Å²) >= 11 is 4.47. The average Bonchev–Trinajstić information content (AvgIpc) is 2.77. The third-order valence-corrected chi connectivity index (χ3v) is 6.38. The number of benzene rings is 1. The minimum absolute atomic E-state index is 0.258. The standard InChI is InChI=1S/C13H14BrNO2S2/c1-9-3-5-11(6-4-9)10(2)15-19(16,17)13-8-7-12(14)18-13/h3-8,10,15H,1-2H3/t10-/m0/s1. The van der Waals surface area contributed by atoms with Crippen LogP contribution in [0, 0.1) is 6.92 Å². The van der Waals surface area contributed by atoms with Gasteiger partial charge in [-0.2, -0.15) is 0 Å². The monoisotopic (exact) mass is 359 g/mol. The van der Waals surface area contributed by atoms with Crippen LogP contribution in [0.1, 0.15) is 24.1 Å². The van der Waals surface area contributed by atoms with Crippen LogP contribution in [0.25, 0.3) is 0 Å². The number of thiophene rings is 1. The van der Waals surface area contributed by atoms with Crippen LogP contribution in [0.4, 0.5) is 0 Å². The third kappa shape index (κ3) is 3.66. The second-order valence-corrected chi connectivity index (χ2v) is 8.72. The van der Waals surface area contributed by atoms with Gasteiger partial charge in [0.2, 0.25) is 0 Å². The zero-order chi connectivity index (χ0) is 14.0. The molecule has 0 amide bonds. The van der Waals surface area contributed by atoms with Crippen LogP contribution in [-0.2, 0) is 10.0 Å². The summed E-state index contributed by atoms with van der Waals surface area (Å²) in [6.07, 6.45) is 0. The van der Waals surface area contributed by atoms with Crippen molar-refractivity contribution in [3.63, 3.8) is 0 Å². The molecule has 0 unspecified atom stereocenters. The van der Waals surface area contributed by atoms with Crippen LogP contribution >= 0.6 is 27.3 Å². The zero-order valence-corrected chi connectivity index (χ0v) is 13.8. The fraction of sp³-hybridized carbons (Fsp3) is 0.231. The second-order valence-electron chi connectivity index (χ2n) is 4.31. The van der Waals surface area contributed by atoms with E-state index >= 15 is 0 Å². The van der Waals surface area contributed by atoms with Gasteiger partial charge in [-0.25, -0.2) is 13.1 Å². The first-order chi connectivity index (χ1) is 8.88. The maximum Gasteiger partial charge on any atom is 0.250 e. The highest BCUT2D eigenvalue weighted by molar-refractivity contribution is 9.11. The molecule has 102 valence electrons. The molecule has 0 saturated carbocycles. The Hall–Kier alpha value is -0.690. The van der Waals surface area contributed by atoms with Crippen molar-refractivity contribution in [2.24, 2.45) is 0 Å². The van der Waals surface area contributed by atoms with E-state index in [-0.39, 0.29) is 6.04 Å². The van der Waals surface area contributed by atoms with Crippen molar-refractivity contribution in [1.29, 1.82) is 0 Å². The average molecular weight is 360 g/mol. The summed E-state index contributed by atoms with van der Waals surface area (Å²) in [6, 6.07) is 10.9. The first kappa shape index (κ1) is 14.7. The largest absolute Gasteiger partial charge is 0.250 e. The molecule has 0 radical (unpaired) electrons. The lowest BCUT2D eigenvalue weighted by atomic mass is 10.1. The van der Waals surface area contributed by atoms with Crippen LogP contribution in [-0.4, -0.2) is 8.42 Å². The summed E-state index contributed by atoms with van der Waals surface area (Å²) in [5.41, 5.74) is 2.10. The lowest BCUT2D eigenvalue weighted by Gasteiger charge is -2.14. The van der Waals surface area contributed by atoms with Crippen molar-refractivity contribution in [1.82, 2.24) is 4.72 Å². The number of aryl methyl sites for hydroxylation is 1. The molecule has 0 spiro atoms. The second kappa shape index (κ2) is 5.75. The van der Waals surface area contributed by atoms with Crippen molar-refractivity contribution < 1.29 is 8.42 Å². The van der Waals surface area contributed by atoms with E-state index in [9.17, 15) is 8.42 Å². The van der Waals surface area contributed by atoms with E-state index in [0.717, 1.165) is 14.9 Å². The maximum absolute atomic E-state index is 12.2. The van der Waals surface area contributed by atoms with E-state index in [0.29, 0.717) is 4.21 Å². The number of hydrogen-bond donors (Lipinski definition) is 1. The Balaban J connectivity index is 2.18. The van der Waals surface area contributed by atoms with Gasteiger partial charge >= 0.3 is 0 Å². The summed E-state index contributed by atoms with van der Waals surface area (Å²) in [6.45, 7) is 3.84. The van der Waals surface area contributed by atoms with E-state index in [1.54, 1.807) is 12.1 Å². The highest BCUT2D eigenvalue weighted by Gasteiger charge is 2.20. The van der Waals surface area contributed by atoms with Crippen LogP contribution in [0.5, 0.6) is 0 Å². The molecule has 0 aliphatic carbocycles. The fourth-order valence-corrected chi connectivity index (χ4v) is 4.91. The number of nitrogens with one attached hydrogen (secondary N) is 1. The minimum Gasteiger partial charge on any atom is -0.206 e.